The molecule has 33 heavy (non-hydrogen) atoms. The van der Waals surface area contributed by atoms with E-state index in [0.29, 0.717) is 12.8 Å². The predicted octanol–water partition coefficient (Wildman–Crippen LogP) is 4.09. The largest absolute Gasteiger partial charge is 0.480 e. The van der Waals surface area contributed by atoms with Crippen LogP contribution in [0.4, 0.5) is 4.79 Å². The average Bonchev–Trinajstić information content (AvgIpc) is 2.79. The fourth-order valence-electron chi connectivity index (χ4n) is 4.09. The van der Waals surface area contributed by atoms with Crippen LogP contribution in [0, 0.1) is 11.3 Å². The van der Waals surface area contributed by atoms with Crippen molar-refractivity contribution in [3.05, 3.63) is 35.9 Å². The molecule has 2 rings (SSSR count). The Morgan fingerprint density at radius 1 is 1.15 bits per heavy atom. The number of carboxylic acids is 1. The molecule has 1 aliphatic carbocycles. The van der Waals surface area contributed by atoms with E-state index in [1.54, 1.807) is 6.92 Å². The molecule has 1 aromatic carbocycles. The number of hydrogen-bond donors (Lipinski definition) is 3. The number of carbonyl (C=O) groups excluding carboxylic acids is 2. The molecule has 0 radical (unpaired) electrons. The zero-order valence-electron chi connectivity index (χ0n) is 19.6. The predicted molar refractivity (Wildman–Crippen MR) is 123 cm³/mol. The smallest absolute Gasteiger partial charge is 0.417 e. The van der Waals surface area contributed by atoms with Crippen molar-refractivity contribution in [3.63, 3.8) is 0 Å². The molecule has 1 aromatic rings. The lowest BCUT2D eigenvalue weighted by molar-refractivity contribution is -0.170. The summed E-state index contributed by atoms with van der Waals surface area (Å²) in [7, 11) is 1.47. The lowest BCUT2D eigenvalue weighted by atomic mass is 9.83. The third-order valence-electron chi connectivity index (χ3n) is 6.00. The second kappa shape index (κ2) is 12.8. The summed E-state index contributed by atoms with van der Waals surface area (Å²) >= 11 is 0. The van der Waals surface area contributed by atoms with Crippen molar-refractivity contribution in [2.24, 2.45) is 5.92 Å². The lowest BCUT2D eigenvalue weighted by Crippen LogP contribution is -2.53. The van der Waals surface area contributed by atoms with Gasteiger partial charge in [-0.3, -0.25) is 15.5 Å². The number of likely N-dealkylation sites (N-methyl/N-ethyl adjacent to an activating group) is 1. The second-order valence-electron chi connectivity index (χ2n) is 8.46. The monoisotopic (exact) mass is 461 g/mol. The van der Waals surface area contributed by atoms with E-state index in [4.69, 9.17) is 14.9 Å². The number of carboxylic acid groups (broad SMARTS) is 1. The SMILES string of the molecule is CCCC(OC(=O)NC(=N)N(C)C(C(=O)O)C1CCCCC1)OC(=O)C(C)c1ccccc1. The molecule has 0 aromatic heterocycles. The number of nitrogens with zero attached hydrogens (tertiary/aromatic N) is 1. The number of ether oxygens (including phenoxy) is 2. The van der Waals surface area contributed by atoms with E-state index in [0.717, 1.165) is 37.7 Å². The van der Waals surface area contributed by atoms with E-state index >= 15 is 0 Å². The van der Waals surface area contributed by atoms with Crippen molar-refractivity contribution in [2.75, 3.05) is 7.05 Å². The molecule has 0 heterocycles. The first-order chi connectivity index (χ1) is 15.7. The van der Waals surface area contributed by atoms with Gasteiger partial charge in [0.2, 0.25) is 12.2 Å². The highest BCUT2D eigenvalue weighted by atomic mass is 16.7. The summed E-state index contributed by atoms with van der Waals surface area (Å²) < 4.78 is 10.6. The number of amides is 1. The number of guanidine groups is 1. The van der Waals surface area contributed by atoms with E-state index in [-0.39, 0.29) is 11.9 Å². The van der Waals surface area contributed by atoms with Crippen LogP contribution in [0.5, 0.6) is 0 Å². The van der Waals surface area contributed by atoms with Gasteiger partial charge in [-0.05, 0) is 37.7 Å². The Kier molecular flexibility index (Phi) is 10.2. The fourth-order valence-corrected chi connectivity index (χ4v) is 4.09. The summed E-state index contributed by atoms with van der Waals surface area (Å²) in [6, 6.07) is 8.23. The fraction of sp³-hybridized carbons (Fsp3) is 0.583. The minimum absolute atomic E-state index is 0.0901. The van der Waals surface area contributed by atoms with E-state index < -0.39 is 36.3 Å². The summed E-state index contributed by atoms with van der Waals surface area (Å²) in [4.78, 5) is 38.0. The Hall–Kier alpha value is -3.10. The molecule has 9 heteroatoms. The minimum Gasteiger partial charge on any atom is -0.480 e. The van der Waals surface area contributed by atoms with Gasteiger partial charge in [0, 0.05) is 13.5 Å². The number of rotatable bonds is 9. The maximum Gasteiger partial charge on any atom is 0.417 e. The molecular formula is C24H35N3O6. The van der Waals surface area contributed by atoms with Crippen molar-refractivity contribution < 1.29 is 29.0 Å². The van der Waals surface area contributed by atoms with Crippen LogP contribution in [0.25, 0.3) is 0 Å². The Balaban J connectivity index is 1.95. The highest BCUT2D eigenvalue weighted by Gasteiger charge is 2.34. The molecule has 3 unspecified atom stereocenters. The summed E-state index contributed by atoms with van der Waals surface area (Å²) in [5.41, 5.74) is 0.785. The number of benzene rings is 1. The van der Waals surface area contributed by atoms with Crippen molar-refractivity contribution in [3.8, 4) is 0 Å². The third kappa shape index (κ3) is 7.76. The third-order valence-corrected chi connectivity index (χ3v) is 6.00. The van der Waals surface area contributed by atoms with Crippen molar-refractivity contribution >= 4 is 24.0 Å². The highest BCUT2D eigenvalue weighted by molar-refractivity contribution is 5.94. The maximum atomic E-state index is 12.5. The first-order valence-electron chi connectivity index (χ1n) is 11.5. The van der Waals surface area contributed by atoms with Crippen LogP contribution < -0.4 is 5.32 Å². The van der Waals surface area contributed by atoms with Crippen LogP contribution in [0.3, 0.4) is 0 Å². The van der Waals surface area contributed by atoms with Crippen molar-refractivity contribution in [2.45, 2.75) is 77.0 Å². The van der Waals surface area contributed by atoms with E-state index in [1.165, 1.54) is 11.9 Å². The van der Waals surface area contributed by atoms with Gasteiger partial charge in [-0.2, -0.15) is 0 Å². The van der Waals surface area contributed by atoms with Crippen molar-refractivity contribution in [1.82, 2.24) is 10.2 Å². The summed E-state index contributed by atoms with van der Waals surface area (Å²) in [5.74, 6) is -2.56. The zero-order chi connectivity index (χ0) is 24.4. The Bertz CT molecular complexity index is 810. The van der Waals surface area contributed by atoms with Gasteiger partial charge in [0.15, 0.2) is 0 Å². The summed E-state index contributed by atoms with van der Waals surface area (Å²) in [6.45, 7) is 3.57. The van der Waals surface area contributed by atoms with Crippen LogP contribution in [-0.4, -0.2) is 53.4 Å². The van der Waals surface area contributed by atoms with E-state index in [1.807, 2.05) is 37.3 Å². The van der Waals surface area contributed by atoms with Crippen LogP contribution in [0.2, 0.25) is 0 Å². The standard InChI is InChI=1S/C24H35N3O6/c1-4-11-19(32-22(30)16(2)17-12-7-5-8-13-17)33-24(31)26-23(25)27(3)20(21(28)29)18-14-9-6-10-15-18/h5,7-8,12-13,16,18-20H,4,6,9-11,14-15H2,1-3H3,(H,28,29)(H2,25,26,31). The van der Waals surface area contributed by atoms with Crippen LogP contribution in [-0.2, 0) is 19.1 Å². The quantitative estimate of drug-likeness (QED) is 0.219. The second-order valence-corrected chi connectivity index (χ2v) is 8.46. The molecule has 1 amide bonds. The van der Waals surface area contributed by atoms with Gasteiger partial charge in [-0.1, -0.05) is 56.5 Å². The van der Waals surface area contributed by atoms with E-state index in [9.17, 15) is 19.5 Å². The van der Waals surface area contributed by atoms with Gasteiger partial charge in [-0.25, -0.2) is 9.59 Å². The molecular weight excluding hydrogens is 426 g/mol. The minimum atomic E-state index is -1.11. The molecule has 3 N–H and O–H groups in total. The lowest BCUT2D eigenvalue weighted by Gasteiger charge is -2.34. The number of esters is 1. The van der Waals surface area contributed by atoms with Gasteiger partial charge in [0.1, 0.15) is 6.04 Å². The first-order valence-corrected chi connectivity index (χ1v) is 11.5. The maximum absolute atomic E-state index is 12.5. The normalized spacial score (nSPS) is 16.7. The molecule has 3 atom stereocenters. The first kappa shape index (κ1) is 26.2. The number of carbonyl (C=O) groups is 3. The number of alkyl carbamates (subject to hydrolysis) is 1. The average molecular weight is 462 g/mol. The molecule has 0 bridgehead atoms. The van der Waals surface area contributed by atoms with Gasteiger partial charge in [0.05, 0.1) is 5.92 Å². The molecule has 1 saturated carbocycles. The summed E-state index contributed by atoms with van der Waals surface area (Å²) in [6.07, 6.45) is 3.34. The van der Waals surface area contributed by atoms with E-state index in [2.05, 4.69) is 5.32 Å². The van der Waals surface area contributed by atoms with Gasteiger partial charge in [0.25, 0.3) is 0 Å². The summed E-state index contributed by atoms with van der Waals surface area (Å²) in [5, 5.41) is 20.1. The Morgan fingerprint density at radius 3 is 2.36 bits per heavy atom. The van der Waals surface area contributed by atoms with Crippen LogP contribution in [0.15, 0.2) is 30.3 Å². The molecule has 1 fully saturated rings. The molecule has 182 valence electrons. The molecule has 0 spiro atoms. The molecule has 1 aliphatic rings. The van der Waals surface area contributed by atoms with Gasteiger partial charge < -0.3 is 19.5 Å². The Morgan fingerprint density at radius 2 is 1.79 bits per heavy atom. The van der Waals surface area contributed by atoms with Gasteiger partial charge >= 0.3 is 18.0 Å². The molecule has 9 nitrogen and oxygen atoms in total. The zero-order valence-corrected chi connectivity index (χ0v) is 19.6. The van der Waals surface area contributed by atoms with Crippen molar-refractivity contribution in [1.29, 1.82) is 5.41 Å². The van der Waals surface area contributed by atoms with Gasteiger partial charge in [-0.15, -0.1) is 0 Å². The number of nitrogens with one attached hydrogen (secondary N) is 2. The Labute approximate surface area is 194 Å². The molecule has 0 saturated heterocycles. The number of aliphatic carboxylic acids is 1. The number of hydrogen-bond acceptors (Lipinski definition) is 6. The topological polar surface area (TPSA) is 129 Å². The van der Waals surface area contributed by atoms with Crippen LogP contribution >= 0.6 is 0 Å². The molecule has 0 aliphatic heterocycles. The van der Waals surface area contributed by atoms with Crippen LogP contribution in [0.1, 0.15) is 70.3 Å². The highest BCUT2D eigenvalue weighted by Crippen LogP contribution is 2.29.